The van der Waals surface area contributed by atoms with Crippen molar-refractivity contribution in [2.75, 3.05) is 16.8 Å². The van der Waals surface area contributed by atoms with Crippen molar-refractivity contribution in [3.63, 3.8) is 0 Å². The van der Waals surface area contributed by atoms with Crippen LogP contribution < -0.4 is 15.1 Å². The van der Waals surface area contributed by atoms with E-state index in [0.717, 1.165) is 6.42 Å². The van der Waals surface area contributed by atoms with Crippen LogP contribution in [0, 0.1) is 13.5 Å². The number of nitrogens with zero attached hydrogens (tertiary/aromatic N) is 4. The number of hydrogen-bond acceptors (Lipinski definition) is 4. The Morgan fingerprint density at radius 1 is 1.33 bits per heavy atom. The lowest BCUT2D eigenvalue weighted by Gasteiger charge is -2.43. The topological polar surface area (TPSA) is 69.9 Å². The number of anilines is 2. The monoisotopic (exact) mass is 439 g/mol. The van der Waals surface area contributed by atoms with E-state index in [1.807, 2.05) is 4.90 Å². The Labute approximate surface area is 184 Å². The number of amides is 2. The maximum absolute atomic E-state index is 13.5. The van der Waals surface area contributed by atoms with Gasteiger partial charge in [0.15, 0.2) is 5.11 Å². The van der Waals surface area contributed by atoms with Crippen LogP contribution in [-0.2, 0) is 4.79 Å². The zero-order chi connectivity index (χ0) is 21.6. The summed E-state index contributed by atoms with van der Waals surface area (Å²) < 4.78 is 0. The second-order valence-electron chi connectivity index (χ2n) is 7.33. The van der Waals surface area contributed by atoms with Gasteiger partial charge in [0.05, 0.1) is 16.3 Å². The van der Waals surface area contributed by atoms with E-state index in [0.29, 0.717) is 46.3 Å². The molecule has 1 aromatic heterocycles. The van der Waals surface area contributed by atoms with Gasteiger partial charge in [-0.2, -0.15) is 0 Å². The van der Waals surface area contributed by atoms with Crippen LogP contribution in [0.4, 0.5) is 17.2 Å². The van der Waals surface area contributed by atoms with Crippen molar-refractivity contribution in [1.82, 2.24) is 10.3 Å². The summed E-state index contributed by atoms with van der Waals surface area (Å²) in [6.07, 6.45) is 3.76. The van der Waals surface area contributed by atoms with E-state index in [4.69, 9.17) is 30.4 Å². The summed E-state index contributed by atoms with van der Waals surface area (Å²) in [4.78, 5) is 36.3. The molecule has 2 amide bonds. The fraction of sp³-hybridized carbons (Fsp3) is 0.286. The van der Waals surface area contributed by atoms with Gasteiger partial charge in [-0.3, -0.25) is 14.5 Å². The maximum Gasteiger partial charge on any atom is 0.272 e. The van der Waals surface area contributed by atoms with Gasteiger partial charge in [-0.1, -0.05) is 18.2 Å². The van der Waals surface area contributed by atoms with E-state index in [9.17, 15) is 9.59 Å². The zero-order valence-electron chi connectivity index (χ0n) is 16.4. The van der Waals surface area contributed by atoms with E-state index >= 15 is 0 Å². The van der Waals surface area contributed by atoms with Crippen LogP contribution in [-0.4, -0.2) is 34.5 Å². The van der Waals surface area contributed by atoms with E-state index in [1.54, 1.807) is 31.2 Å². The molecular weight excluding hydrogens is 422 g/mol. The van der Waals surface area contributed by atoms with E-state index in [-0.39, 0.29) is 16.8 Å². The highest BCUT2D eigenvalue weighted by Crippen LogP contribution is 2.48. The molecule has 1 N–H and O–H groups in total. The first-order chi connectivity index (χ1) is 14.3. The minimum atomic E-state index is -0.763. The Bertz CT molecular complexity index is 1140. The summed E-state index contributed by atoms with van der Waals surface area (Å²) in [5, 5.41) is 3.18. The molecule has 7 nitrogen and oxygen atoms in total. The first-order valence-electron chi connectivity index (χ1n) is 9.38. The number of aryl methyl sites for hydroxylation is 1. The molecule has 0 unspecified atom stereocenters. The van der Waals surface area contributed by atoms with E-state index < -0.39 is 5.54 Å². The molecule has 152 valence electrons. The summed E-state index contributed by atoms with van der Waals surface area (Å²) in [7, 11) is 1.54. The average Bonchev–Trinajstić information content (AvgIpc) is 2.94. The molecule has 2 heterocycles. The molecule has 0 atom stereocenters. The molecule has 2 fully saturated rings. The van der Waals surface area contributed by atoms with E-state index in [1.165, 1.54) is 18.1 Å². The van der Waals surface area contributed by atoms with Crippen LogP contribution in [0.1, 0.15) is 35.2 Å². The number of rotatable bonds is 3. The molecule has 1 aromatic carbocycles. The number of aromatic nitrogens is 1. The van der Waals surface area contributed by atoms with Crippen molar-refractivity contribution < 1.29 is 9.59 Å². The molecule has 2 aliphatic rings. The average molecular weight is 440 g/mol. The molecule has 0 bridgehead atoms. The third kappa shape index (κ3) is 2.85. The van der Waals surface area contributed by atoms with Crippen LogP contribution in [0.5, 0.6) is 0 Å². The highest BCUT2D eigenvalue weighted by molar-refractivity contribution is 7.81. The maximum atomic E-state index is 13.5. The zero-order valence-corrected chi connectivity index (χ0v) is 18.0. The van der Waals surface area contributed by atoms with Gasteiger partial charge in [0.1, 0.15) is 11.7 Å². The predicted molar refractivity (Wildman–Crippen MR) is 119 cm³/mol. The lowest BCUT2D eigenvalue weighted by atomic mass is 9.75. The van der Waals surface area contributed by atoms with Crippen molar-refractivity contribution in [1.29, 1.82) is 0 Å². The van der Waals surface area contributed by atoms with Gasteiger partial charge >= 0.3 is 0 Å². The quantitative estimate of drug-likeness (QED) is 0.578. The molecule has 1 aliphatic carbocycles. The SMILES string of the molecule is [C-]#[N+]c1ncc(N2C(=O)C3(CCC3)N(c3ccc(C(=O)NC)c(Cl)c3)C2=S)cc1C. The minimum Gasteiger partial charge on any atom is -0.360 e. The van der Waals surface area contributed by atoms with Crippen molar-refractivity contribution in [2.24, 2.45) is 0 Å². The summed E-state index contributed by atoms with van der Waals surface area (Å²) in [5.74, 6) is -0.0989. The van der Waals surface area contributed by atoms with Gasteiger partial charge in [-0.25, -0.2) is 0 Å². The summed E-state index contributed by atoms with van der Waals surface area (Å²) >= 11 is 12.1. The second-order valence-corrected chi connectivity index (χ2v) is 8.11. The normalized spacial score (nSPS) is 17.1. The van der Waals surface area contributed by atoms with Crippen LogP contribution in [0.15, 0.2) is 30.5 Å². The molecular formula is C21H18ClN5O2S. The summed E-state index contributed by atoms with van der Waals surface area (Å²) in [6.45, 7) is 8.96. The Morgan fingerprint density at radius 3 is 2.60 bits per heavy atom. The largest absolute Gasteiger partial charge is 0.360 e. The molecule has 1 aliphatic heterocycles. The Hall–Kier alpha value is -3.02. The number of hydrogen-bond donors (Lipinski definition) is 1. The van der Waals surface area contributed by atoms with E-state index in [2.05, 4.69) is 15.1 Å². The lowest BCUT2D eigenvalue weighted by molar-refractivity contribution is -0.123. The van der Waals surface area contributed by atoms with Crippen molar-refractivity contribution >= 4 is 57.9 Å². The fourth-order valence-corrected chi connectivity index (χ4v) is 4.69. The number of thiocarbonyl (C=S) groups is 1. The number of carbonyl (C=O) groups is 2. The lowest BCUT2D eigenvalue weighted by Crippen LogP contribution is -2.55. The number of halogens is 1. The molecule has 1 saturated carbocycles. The fourth-order valence-electron chi connectivity index (χ4n) is 3.96. The molecule has 30 heavy (non-hydrogen) atoms. The van der Waals surface area contributed by atoms with Gasteiger partial charge in [0, 0.05) is 12.7 Å². The van der Waals surface area contributed by atoms with Gasteiger partial charge in [-0.15, -0.1) is 4.98 Å². The number of nitrogens with one attached hydrogen (secondary N) is 1. The molecule has 1 spiro atoms. The van der Waals surface area contributed by atoms with Crippen LogP contribution in [0.3, 0.4) is 0 Å². The third-order valence-electron chi connectivity index (χ3n) is 5.68. The molecule has 4 rings (SSSR count). The Kier molecular flexibility index (Phi) is 4.96. The van der Waals surface area contributed by atoms with Crippen molar-refractivity contribution in [3.05, 3.63) is 58.0 Å². The molecule has 9 heteroatoms. The van der Waals surface area contributed by atoms with Crippen LogP contribution >= 0.6 is 23.8 Å². The van der Waals surface area contributed by atoms with Crippen LogP contribution in [0.2, 0.25) is 5.02 Å². The smallest absolute Gasteiger partial charge is 0.272 e. The van der Waals surface area contributed by atoms with Crippen molar-refractivity contribution in [3.8, 4) is 0 Å². The van der Waals surface area contributed by atoms with Crippen molar-refractivity contribution in [2.45, 2.75) is 31.7 Å². The standard InChI is InChI=1S/C21H18ClN5O2S/c1-12-9-14(11-25-17(12)23-2)26-19(29)21(7-4-8-21)27(20(26)30)13-5-6-15(16(22)10-13)18(28)24-3/h5-6,9-11H,4,7-8H2,1,3H3,(H,24,28). The summed E-state index contributed by atoms with van der Waals surface area (Å²) in [6, 6.07) is 6.81. The highest BCUT2D eigenvalue weighted by atomic mass is 35.5. The van der Waals surface area contributed by atoms with Gasteiger partial charge < -0.3 is 15.1 Å². The first-order valence-corrected chi connectivity index (χ1v) is 10.2. The predicted octanol–water partition coefficient (Wildman–Crippen LogP) is 4.01. The third-order valence-corrected chi connectivity index (χ3v) is 6.35. The highest BCUT2D eigenvalue weighted by Gasteiger charge is 2.59. The molecule has 2 aromatic rings. The number of pyridine rings is 1. The minimum absolute atomic E-state index is 0.109. The van der Waals surface area contributed by atoms with Gasteiger partial charge in [-0.05, 0) is 68.2 Å². The Balaban J connectivity index is 1.78. The second kappa shape index (κ2) is 7.35. The first kappa shape index (κ1) is 20.3. The van der Waals surface area contributed by atoms with Crippen LogP contribution in [0.25, 0.3) is 4.85 Å². The molecule has 1 saturated heterocycles. The Morgan fingerprint density at radius 2 is 2.07 bits per heavy atom. The summed E-state index contributed by atoms with van der Waals surface area (Å²) in [5.41, 5.74) is 1.47. The van der Waals surface area contributed by atoms with Gasteiger partial charge in [0.2, 0.25) is 0 Å². The number of benzene rings is 1. The number of carbonyl (C=O) groups excluding carboxylic acids is 2. The van der Waals surface area contributed by atoms with Gasteiger partial charge in [0.25, 0.3) is 17.6 Å². The molecule has 0 radical (unpaired) electrons.